The largest absolute Gasteiger partial charge is 0.451 e. The van der Waals surface area contributed by atoms with Gasteiger partial charge in [0.1, 0.15) is 0 Å². The van der Waals surface area contributed by atoms with Crippen LogP contribution in [0.25, 0.3) is 0 Å². The van der Waals surface area contributed by atoms with Gasteiger partial charge in [-0.1, -0.05) is 18.2 Å². The van der Waals surface area contributed by atoms with Crippen molar-refractivity contribution >= 4 is 17.5 Å². The van der Waals surface area contributed by atoms with Crippen molar-refractivity contribution in [3.05, 3.63) is 57.9 Å². The van der Waals surface area contributed by atoms with E-state index in [1.807, 2.05) is 6.07 Å². The highest BCUT2D eigenvalue weighted by atomic mass is 16.5. The number of hydrogen-bond donors (Lipinski definition) is 1. The summed E-state index contributed by atoms with van der Waals surface area (Å²) in [4.78, 5) is 39.4. The molecule has 0 aliphatic rings. The van der Waals surface area contributed by atoms with Crippen molar-refractivity contribution in [2.24, 2.45) is 0 Å². The van der Waals surface area contributed by atoms with Gasteiger partial charge >= 0.3 is 5.97 Å². The maximum absolute atomic E-state index is 12.6. The maximum atomic E-state index is 12.6. The fraction of sp³-hybridized carbons (Fsp3) is 0.316. The van der Waals surface area contributed by atoms with Crippen LogP contribution in [0.2, 0.25) is 0 Å². The summed E-state index contributed by atoms with van der Waals surface area (Å²) < 4.78 is 5.30. The minimum absolute atomic E-state index is 0.107. The number of ketones is 2. The minimum Gasteiger partial charge on any atom is -0.451 e. The van der Waals surface area contributed by atoms with Gasteiger partial charge in [0.15, 0.2) is 11.9 Å². The van der Waals surface area contributed by atoms with E-state index < -0.39 is 12.1 Å². The van der Waals surface area contributed by atoms with Crippen molar-refractivity contribution in [1.82, 2.24) is 4.98 Å². The van der Waals surface area contributed by atoms with Gasteiger partial charge in [-0.25, -0.2) is 4.79 Å². The first kappa shape index (κ1) is 17.7. The van der Waals surface area contributed by atoms with E-state index >= 15 is 0 Å². The second-order valence-electron chi connectivity index (χ2n) is 5.91. The molecule has 1 heterocycles. The molecule has 1 N–H and O–H groups in total. The highest BCUT2D eigenvalue weighted by Gasteiger charge is 2.26. The Morgan fingerprint density at radius 2 is 1.71 bits per heavy atom. The van der Waals surface area contributed by atoms with Crippen LogP contribution in [0.3, 0.4) is 0 Å². The number of esters is 1. The molecule has 0 spiro atoms. The predicted molar refractivity (Wildman–Crippen MR) is 90.7 cm³/mol. The van der Waals surface area contributed by atoms with E-state index in [2.05, 4.69) is 4.98 Å². The number of carbonyl (C=O) groups excluding carboxylic acids is 3. The number of aromatic nitrogens is 1. The van der Waals surface area contributed by atoms with Gasteiger partial charge in [-0.2, -0.15) is 0 Å². The number of hydrogen-bond acceptors (Lipinski definition) is 4. The van der Waals surface area contributed by atoms with Crippen molar-refractivity contribution in [3.63, 3.8) is 0 Å². The van der Waals surface area contributed by atoms with E-state index in [1.165, 1.54) is 13.8 Å². The first-order valence-corrected chi connectivity index (χ1v) is 7.75. The zero-order chi connectivity index (χ0) is 18.0. The van der Waals surface area contributed by atoms with Crippen LogP contribution in [0, 0.1) is 20.8 Å². The SMILES string of the molecule is CC(=O)c1c(C)[nH]c(C(=O)[C@H](C)OC(=O)c2ccccc2C)c1C. The van der Waals surface area contributed by atoms with E-state index in [-0.39, 0.29) is 11.6 Å². The molecule has 1 aromatic heterocycles. The lowest BCUT2D eigenvalue weighted by molar-refractivity contribution is 0.0316. The minimum atomic E-state index is -0.950. The fourth-order valence-corrected chi connectivity index (χ4v) is 2.81. The van der Waals surface area contributed by atoms with Gasteiger partial charge in [-0.05, 0) is 51.8 Å². The number of rotatable bonds is 5. The zero-order valence-corrected chi connectivity index (χ0v) is 14.5. The number of aromatic amines is 1. The Bertz CT molecular complexity index is 817. The zero-order valence-electron chi connectivity index (χ0n) is 14.5. The van der Waals surface area contributed by atoms with Gasteiger partial charge in [0.05, 0.1) is 11.3 Å². The summed E-state index contributed by atoms with van der Waals surface area (Å²) in [7, 11) is 0. The summed E-state index contributed by atoms with van der Waals surface area (Å²) in [5, 5.41) is 0. The Balaban J connectivity index is 2.22. The molecular weight excluding hydrogens is 306 g/mol. The molecule has 1 aromatic carbocycles. The van der Waals surface area contributed by atoms with Crippen molar-refractivity contribution < 1.29 is 19.1 Å². The Morgan fingerprint density at radius 3 is 2.25 bits per heavy atom. The van der Waals surface area contributed by atoms with Crippen molar-refractivity contribution in [2.75, 3.05) is 0 Å². The molecule has 0 saturated carbocycles. The van der Waals surface area contributed by atoms with Gasteiger partial charge in [-0.15, -0.1) is 0 Å². The predicted octanol–water partition coefficient (Wildman–Crippen LogP) is 3.57. The normalized spacial score (nSPS) is 11.9. The molecule has 0 aliphatic heterocycles. The average Bonchev–Trinajstić information content (AvgIpc) is 2.81. The van der Waals surface area contributed by atoms with Gasteiger partial charge < -0.3 is 9.72 Å². The number of aryl methyl sites for hydroxylation is 2. The summed E-state index contributed by atoms with van der Waals surface area (Å²) in [6.45, 7) is 8.25. The third kappa shape index (κ3) is 3.30. The summed E-state index contributed by atoms with van der Waals surface area (Å²) in [6.07, 6.45) is -0.950. The summed E-state index contributed by atoms with van der Waals surface area (Å²) in [6, 6.07) is 7.04. The molecule has 0 bridgehead atoms. The van der Waals surface area contributed by atoms with Gasteiger partial charge in [0.25, 0.3) is 0 Å². The van der Waals surface area contributed by atoms with Crippen LogP contribution in [0.5, 0.6) is 0 Å². The smallest absolute Gasteiger partial charge is 0.339 e. The summed E-state index contributed by atoms with van der Waals surface area (Å²) in [5.74, 6) is -1.00. The Labute approximate surface area is 141 Å². The second-order valence-corrected chi connectivity index (χ2v) is 5.91. The number of benzene rings is 1. The van der Waals surface area contributed by atoms with Crippen LogP contribution in [0.1, 0.15) is 61.9 Å². The van der Waals surface area contributed by atoms with Crippen LogP contribution in [0.4, 0.5) is 0 Å². The molecule has 2 rings (SSSR count). The van der Waals surface area contributed by atoms with E-state index in [9.17, 15) is 14.4 Å². The quantitative estimate of drug-likeness (QED) is 0.673. The molecule has 5 heteroatoms. The van der Waals surface area contributed by atoms with Crippen LogP contribution in [0.15, 0.2) is 24.3 Å². The topological polar surface area (TPSA) is 76.2 Å². The molecule has 5 nitrogen and oxygen atoms in total. The Kier molecular flexibility index (Phi) is 5.02. The van der Waals surface area contributed by atoms with E-state index in [0.717, 1.165) is 5.56 Å². The van der Waals surface area contributed by atoms with Gasteiger partial charge in [0, 0.05) is 11.3 Å². The molecule has 0 amide bonds. The van der Waals surface area contributed by atoms with E-state index in [1.54, 1.807) is 39.0 Å². The van der Waals surface area contributed by atoms with Crippen LogP contribution in [-0.2, 0) is 4.74 Å². The molecule has 0 saturated heterocycles. The Morgan fingerprint density at radius 1 is 1.08 bits per heavy atom. The summed E-state index contributed by atoms with van der Waals surface area (Å²) >= 11 is 0. The molecule has 126 valence electrons. The van der Waals surface area contributed by atoms with Crippen molar-refractivity contribution in [2.45, 2.75) is 40.7 Å². The number of carbonyl (C=O) groups is 3. The molecule has 2 aromatic rings. The molecule has 0 aliphatic carbocycles. The molecule has 0 radical (unpaired) electrons. The number of H-pyrrole nitrogens is 1. The second kappa shape index (κ2) is 6.83. The molecular formula is C19H21NO4. The lowest BCUT2D eigenvalue weighted by Gasteiger charge is -2.13. The van der Waals surface area contributed by atoms with Crippen LogP contribution >= 0.6 is 0 Å². The Hall–Kier alpha value is -2.69. The third-order valence-electron chi connectivity index (χ3n) is 4.05. The lowest BCUT2D eigenvalue weighted by Crippen LogP contribution is -2.25. The molecule has 24 heavy (non-hydrogen) atoms. The molecule has 0 fully saturated rings. The first-order valence-electron chi connectivity index (χ1n) is 7.75. The fourth-order valence-electron chi connectivity index (χ4n) is 2.81. The van der Waals surface area contributed by atoms with Gasteiger partial charge in [0.2, 0.25) is 5.78 Å². The number of ether oxygens (including phenoxy) is 1. The molecule has 1 atom stereocenters. The third-order valence-corrected chi connectivity index (χ3v) is 4.05. The van der Waals surface area contributed by atoms with E-state index in [0.29, 0.717) is 28.1 Å². The maximum Gasteiger partial charge on any atom is 0.339 e. The highest BCUT2D eigenvalue weighted by Crippen LogP contribution is 2.21. The molecule has 0 unspecified atom stereocenters. The standard InChI is InChI=1S/C19H21NO4/c1-10-8-6-7-9-15(10)19(23)24-14(5)18(22)17-11(2)16(13(4)21)12(3)20-17/h6-9,14,20H,1-5H3/t14-/m0/s1. The number of nitrogens with one attached hydrogen (secondary N) is 1. The lowest BCUT2D eigenvalue weighted by atomic mass is 10.0. The van der Waals surface area contributed by atoms with Crippen LogP contribution < -0.4 is 0 Å². The van der Waals surface area contributed by atoms with Crippen LogP contribution in [-0.4, -0.2) is 28.6 Å². The van der Waals surface area contributed by atoms with Gasteiger partial charge in [-0.3, -0.25) is 9.59 Å². The van der Waals surface area contributed by atoms with E-state index in [4.69, 9.17) is 4.74 Å². The van der Waals surface area contributed by atoms with Crippen molar-refractivity contribution in [3.8, 4) is 0 Å². The first-order chi connectivity index (χ1) is 11.2. The van der Waals surface area contributed by atoms with Crippen molar-refractivity contribution in [1.29, 1.82) is 0 Å². The number of Topliss-reactive ketones (excluding diaryl/α,β-unsaturated/α-hetero) is 2. The summed E-state index contributed by atoms with van der Waals surface area (Å²) in [5.41, 5.74) is 3.26. The highest BCUT2D eigenvalue weighted by molar-refractivity contribution is 6.05. The monoisotopic (exact) mass is 327 g/mol. The average molecular weight is 327 g/mol.